The fourth-order valence-corrected chi connectivity index (χ4v) is 1.61. The molecule has 0 radical (unpaired) electrons. The van der Waals surface area contributed by atoms with E-state index in [2.05, 4.69) is 23.2 Å². The monoisotopic (exact) mass is 231 g/mol. The van der Waals surface area contributed by atoms with Crippen molar-refractivity contribution < 1.29 is 4.79 Å². The Balaban J connectivity index is 2.71. The van der Waals surface area contributed by atoms with E-state index in [1.807, 2.05) is 24.3 Å². The van der Waals surface area contributed by atoms with Gasteiger partial charge in [-0.2, -0.15) is 5.26 Å². The molecule has 1 rings (SSSR count). The highest BCUT2D eigenvalue weighted by molar-refractivity contribution is 5.88. The van der Waals surface area contributed by atoms with Gasteiger partial charge < -0.3 is 10.2 Å². The lowest BCUT2D eigenvalue weighted by atomic mass is 10.2. The molecule has 17 heavy (non-hydrogen) atoms. The van der Waals surface area contributed by atoms with Gasteiger partial charge in [0.15, 0.2) is 0 Å². The van der Waals surface area contributed by atoms with Crippen LogP contribution in [0.2, 0.25) is 0 Å². The van der Waals surface area contributed by atoms with Crippen LogP contribution in [-0.4, -0.2) is 19.0 Å². The Hall–Kier alpha value is -2.02. The number of carbonyl (C=O) groups is 1. The summed E-state index contributed by atoms with van der Waals surface area (Å²) >= 11 is 0. The predicted molar refractivity (Wildman–Crippen MR) is 68.9 cm³/mol. The smallest absolute Gasteiger partial charge is 0.221 e. The second-order valence-corrected chi connectivity index (χ2v) is 3.72. The van der Waals surface area contributed by atoms with Gasteiger partial charge in [-0.15, -0.1) is 0 Å². The number of carbonyl (C=O) groups excluding carboxylic acids is 1. The highest BCUT2D eigenvalue weighted by atomic mass is 16.1. The van der Waals surface area contributed by atoms with Gasteiger partial charge in [-0.1, -0.05) is 0 Å². The van der Waals surface area contributed by atoms with Crippen LogP contribution in [0.1, 0.15) is 20.3 Å². The molecule has 0 aromatic heterocycles. The van der Waals surface area contributed by atoms with Crippen LogP contribution in [0.4, 0.5) is 11.4 Å². The van der Waals surface area contributed by atoms with E-state index >= 15 is 0 Å². The SMILES string of the molecule is CCN(CCC#N)c1ccc(NC(C)=O)cc1. The van der Waals surface area contributed by atoms with Crippen molar-refractivity contribution >= 4 is 17.3 Å². The van der Waals surface area contributed by atoms with Crippen LogP contribution < -0.4 is 10.2 Å². The van der Waals surface area contributed by atoms with Crippen molar-refractivity contribution in [1.29, 1.82) is 5.26 Å². The number of amides is 1. The zero-order chi connectivity index (χ0) is 12.7. The Morgan fingerprint density at radius 2 is 2.06 bits per heavy atom. The van der Waals surface area contributed by atoms with Crippen molar-refractivity contribution in [2.24, 2.45) is 0 Å². The summed E-state index contributed by atoms with van der Waals surface area (Å²) in [6, 6.07) is 9.78. The van der Waals surface area contributed by atoms with Crippen LogP contribution in [0.3, 0.4) is 0 Å². The standard InChI is InChI=1S/C13H17N3O/c1-3-16(10-4-9-14)13-7-5-12(6-8-13)15-11(2)17/h5-8H,3-4,10H2,1-2H3,(H,15,17). The van der Waals surface area contributed by atoms with Gasteiger partial charge in [0.25, 0.3) is 0 Å². The Morgan fingerprint density at radius 3 is 2.53 bits per heavy atom. The van der Waals surface area contributed by atoms with Gasteiger partial charge in [0, 0.05) is 31.4 Å². The topological polar surface area (TPSA) is 56.1 Å². The molecule has 0 heterocycles. The third-order valence-electron chi connectivity index (χ3n) is 2.43. The van der Waals surface area contributed by atoms with E-state index in [-0.39, 0.29) is 5.91 Å². The van der Waals surface area contributed by atoms with Crippen LogP contribution in [0, 0.1) is 11.3 Å². The van der Waals surface area contributed by atoms with Gasteiger partial charge in [-0.3, -0.25) is 4.79 Å². The second-order valence-electron chi connectivity index (χ2n) is 3.72. The Morgan fingerprint density at radius 1 is 1.41 bits per heavy atom. The maximum Gasteiger partial charge on any atom is 0.221 e. The van der Waals surface area contributed by atoms with Gasteiger partial charge >= 0.3 is 0 Å². The Labute approximate surface area is 102 Å². The average molecular weight is 231 g/mol. The van der Waals surface area contributed by atoms with Crippen LogP contribution in [0.5, 0.6) is 0 Å². The van der Waals surface area contributed by atoms with E-state index in [0.29, 0.717) is 6.42 Å². The molecule has 1 aromatic carbocycles. The summed E-state index contributed by atoms with van der Waals surface area (Å²) in [6.07, 6.45) is 0.515. The molecule has 90 valence electrons. The van der Waals surface area contributed by atoms with E-state index in [4.69, 9.17) is 5.26 Å². The molecule has 0 saturated carbocycles. The molecule has 1 aromatic rings. The number of anilines is 2. The molecule has 0 aliphatic carbocycles. The molecule has 4 nitrogen and oxygen atoms in total. The largest absolute Gasteiger partial charge is 0.371 e. The normalized spacial score (nSPS) is 9.47. The fourth-order valence-electron chi connectivity index (χ4n) is 1.61. The summed E-state index contributed by atoms with van der Waals surface area (Å²) < 4.78 is 0. The van der Waals surface area contributed by atoms with Crippen molar-refractivity contribution in [1.82, 2.24) is 0 Å². The van der Waals surface area contributed by atoms with Crippen LogP contribution in [-0.2, 0) is 4.79 Å². The number of nitrogens with zero attached hydrogens (tertiary/aromatic N) is 2. The molecule has 0 aliphatic rings. The molecule has 0 spiro atoms. The minimum atomic E-state index is -0.0745. The van der Waals surface area contributed by atoms with Crippen molar-refractivity contribution in [3.05, 3.63) is 24.3 Å². The maximum atomic E-state index is 10.9. The quantitative estimate of drug-likeness (QED) is 0.846. The third-order valence-corrected chi connectivity index (χ3v) is 2.43. The molecule has 0 atom stereocenters. The van der Waals surface area contributed by atoms with E-state index < -0.39 is 0 Å². The van der Waals surface area contributed by atoms with Crippen molar-refractivity contribution in [2.75, 3.05) is 23.3 Å². The summed E-state index contributed by atoms with van der Waals surface area (Å²) in [7, 11) is 0. The Bertz CT molecular complexity index is 406. The number of hydrogen-bond acceptors (Lipinski definition) is 3. The molecule has 0 fully saturated rings. The molecular weight excluding hydrogens is 214 g/mol. The average Bonchev–Trinajstić information content (AvgIpc) is 2.31. The van der Waals surface area contributed by atoms with Crippen LogP contribution in [0.25, 0.3) is 0 Å². The first kappa shape index (κ1) is 13.0. The second kappa shape index (κ2) is 6.54. The van der Waals surface area contributed by atoms with Crippen LogP contribution >= 0.6 is 0 Å². The lowest BCUT2D eigenvalue weighted by molar-refractivity contribution is -0.114. The molecule has 0 bridgehead atoms. The lowest BCUT2D eigenvalue weighted by Crippen LogP contribution is -2.23. The zero-order valence-corrected chi connectivity index (χ0v) is 10.2. The molecule has 0 saturated heterocycles. The van der Waals surface area contributed by atoms with E-state index in [0.717, 1.165) is 24.5 Å². The van der Waals surface area contributed by atoms with Crippen molar-refractivity contribution in [3.8, 4) is 6.07 Å². The van der Waals surface area contributed by atoms with E-state index in [1.54, 1.807) is 0 Å². The molecule has 0 aliphatic heterocycles. The summed E-state index contributed by atoms with van der Waals surface area (Å²) in [4.78, 5) is 13.0. The van der Waals surface area contributed by atoms with E-state index in [1.165, 1.54) is 6.92 Å². The number of nitriles is 1. The van der Waals surface area contributed by atoms with Crippen molar-refractivity contribution in [3.63, 3.8) is 0 Å². The minimum Gasteiger partial charge on any atom is -0.371 e. The number of rotatable bonds is 5. The van der Waals surface area contributed by atoms with Crippen molar-refractivity contribution in [2.45, 2.75) is 20.3 Å². The highest BCUT2D eigenvalue weighted by Crippen LogP contribution is 2.17. The summed E-state index contributed by atoms with van der Waals surface area (Å²) in [5.74, 6) is -0.0745. The van der Waals surface area contributed by atoms with Gasteiger partial charge in [-0.05, 0) is 31.2 Å². The van der Waals surface area contributed by atoms with Gasteiger partial charge in [0.05, 0.1) is 12.5 Å². The number of benzene rings is 1. The molecular formula is C13H17N3O. The van der Waals surface area contributed by atoms with Gasteiger partial charge in [-0.25, -0.2) is 0 Å². The molecule has 1 amide bonds. The summed E-state index contributed by atoms with van der Waals surface area (Å²) in [6.45, 7) is 5.13. The van der Waals surface area contributed by atoms with Crippen LogP contribution in [0.15, 0.2) is 24.3 Å². The molecule has 1 N–H and O–H groups in total. The third kappa shape index (κ3) is 4.15. The number of hydrogen-bond donors (Lipinski definition) is 1. The summed E-state index contributed by atoms with van der Waals surface area (Å²) in [5, 5.41) is 11.3. The lowest BCUT2D eigenvalue weighted by Gasteiger charge is -2.22. The van der Waals surface area contributed by atoms with Gasteiger partial charge in [0.1, 0.15) is 0 Å². The molecule has 0 unspecified atom stereocenters. The number of nitrogens with one attached hydrogen (secondary N) is 1. The van der Waals surface area contributed by atoms with E-state index in [9.17, 15) is 4.79 Å². The maximum absolute atomic E-state index is 10.9. The fraction of sp³-hybridized carbons (Fsp3) is 0.385. The van der Waals surface area contributed by atoms with Gasteiger partial charge in [0.2, 0.25) is 5.91 Å². The highest BCUT2D eigenvalue weighted by Gasteiger charge is 2.03. The Kier molecular flexibility index (Phi) is 5.02. The first-order valence-corrected chi connectivity index (χ1v) is 5.67. The first-order valence-electron chi connectivity index (χ1n) is 5.67. The first-order chi connectivity index (χ1) is 8.17. The molecule has 4 heteroatoms. The minimum absolute atomic E-state index is 0.0745. The predicted octanol–water partition coefficient (Wildman–Crippen LogP) is 2.38. The summed E-state index contributed by atoms with van der Waals surface area (Å²) in [5.41, 5.74) is 1.86. The zero-order valence-electron chi connectivity index (χ0n) is 10.2.